The second-order valence-electron chi connectivity index (χ2n) is 7.06. The number of phenols is 1. The standard InChI is InChI=1S/C24H22O8/c1-5-16(25)21-22(24(27)30-4)20(13-7-6-12(28-2)8-17(13)29-3)14-9-18-19(32-11-31-18)10-15(14)23(21)26/h6-10,26H,5,11H2,1-4H3. The molecule has 0 amide bonds. The van der Waals surface area contributed by atoms with Gasteiger partial charge >= 0.3 is 5.97 Å². The van der Waals surface area contributed by atoms with Gasteiger partial charge in [-0.1, -0.05) is 6.92 Å². The fourth-order valence-corrected chi connectivity index (χ4v) is 3.90. The van der Waals surface area contributed by atoms with Gasteiger partial charge in [0.05, 0.1) is 32.5 Å². The first kappa shape index (κ1) is 21.3. The highest BCUT2D eigenvalue weighted by Gasteiger charge is 2.31. The smallest absolute Gasteiger partial charge is 0.339 e. The Morgan fingerprint density at radius 2 is 1.66 bits per heavy atom. The minimum atomic E-state index is -0.760. The zero-order chi connectivity index (χ0) is 23.0. The van der Waals surface area contributed by atoms with Gasteiger partial charge in [-0.3, -0.25) is 4.79 Å². The molecule has 0 aliphatic carbocycles. The van der Waals surface area contributed by atoms with E-state index < -0.39 is 11.8 Å². The van der Waals surface area contributed by atoms with Crippen LogP contribution in [0.3, 0.4) is 0 Å². The van der Waals surface area contributed by atoms with Gasteiger partial charge < -0.3 is 28.8 Å². The topological polar surface area (TPSA) is 101 Å². The molecule has 0 aromatic heterocycles. The molecule has 0 fully saturated rings. The molecule has 8 heteroatoms. The molecule has 1 heterocycles. The summed E-state index contributed by atoms with van der Waals surface area (Å²) in [4.78, 5) is 25.9. The minimum absolute atomic E-state index is 0.0260. The summed E-state index contributed by atoms with van der Waals surface area (Å²) in [5.74, 6) is 0.365. The van der Waals surface area contributed by atoms with Gasteiger partial charge in [0.1, 0.15) is 17.2 Å². The molecule has 0 saturated carbocycles. The van der Waals surface area contributed by atoms with Gasteiger partial charge in [-0.05, 0) is 29.7 Å². The van der Waals surface area contributed by atoms with Crippen LogP contribution in [-0.2, 0) is 4.74 Å². The highest BCUT2D eigenvalue weighted by Crippen LogP contribution is 2.49. The molecular weight excluding hydrogens is 416 g/mol. The number of ether oxygens (including phenoxy) is 5. The zero-order valence-corrected chi connectivity index (χ0v) is 18.1. The predicted octanol–water partition coefficient (Wildman–Crippen LogP) is 4.34. The molecular formula is C24H22O8. The number of methoxy groups -OCH3 is 3. The molecule has 0 atom stereocenters. The van der Waals surface area contributed by atoms with Crippen LogP contribution in [0.2, 0.25) is 0 Å². The summed E-state index contributed by atoms with van der Waals surface area (Å²) in [6, 6.07) is 8.37. The first-order valence-corrected chi connectivity index (χ1v) is 9.91. The Morgan fingerprint density at radius 3 is 2.25 bits per heavy atom. The first-order chi connectivity index (χ1) is 15.4. The van der Waals surface area contributed by atoms with E-state index in [1.165, 1.54) is 21.3 Å². The Kier molecular flexibility index (Phi) is 5.52. The number of hydrogen-bond acceptors (Lipinski definition) is 8. The Balaban J connectivity index is 2.23. The lowest BCUT2D eigenvalue weighted by Crippen LogP contribution is -2.13. The third-order valence-electron chi connectivity index (χ3n) is 5.44. The molecule has 1 aliphatic heterocycles. The van der Waals surface area contributed by atoms with E-state index in [9.17, 15) is 14.7 Å². The van der Waals surface area contributed by atoms with Gasteiger partial charge in [0.25, 0.3) is 0 Å². The van der Waals surface area contributed by atoms with Crippen LogP contribution >= 0.6 is 0 Å². The van der Waals surface area contributed by atoms with Crippen molar-refractivity contribution < 1.29 is 38.4 Å². The lowest BCUT2D eigenvalue weighted by Gasteiger charge is -2.20. The fourth-order valence-electron chi connectivity index (χ4n) is 3.90. The van der Waals surface area contributed by atoms with Crippen LogP contribution in [0.15, 0.2) is 30.3 Å². The summed E-state index contributed by atoms with van der Waals surface area (Å²) < 4.78 is 26.9. The maximum atomic E-state index is 13.0. The van der Waals surface area contributed by atoms with Crippen LogP contribution in [0.5, 0.6) is 28.7 Å². The van der Waals surface area contributed by atoms with E-state index in [0.29, 0.717) is 44.9 Å². The number of carbonyl (C=O) groups is 2. The predicted molar refractivity (Wildman–Crippen MR) is 116 cm³/mol. The van der Waals surface area contributed by atoms with Gasteiger partial charge in [0, 0.05) is 29.0 Å². The Hall–Kier alpha value is -3.94. The Labute approximate surface area is 184 Å². The number of fused-ring (bicyclic) bond motifs is 2. The second-order valence-corrected chi connectivity index (χ2v) is 7.06. The molecule has 3 aromatic rings. The molecule has 0 saturated heterocycles. The van der Waals surface area contributed by atoms with Crippen molar-refractivity contribution in [1.29, 1.82) is 0 Å². The third-order valence-corrected chi connectivity index (χ3v) is 5.44. The average Bonchev–Trinajstić information content (AvgIpc) is 3.29. The summed E-state index contributed by atoms with van der Waals surface area (Å²) in [5, 5.41) is 11.9. The number of aromatic hydroxyl groups is 1. The first-order valence-electron chi connectivity index (χ1n) is 9.91. The van der Waals surface area contributed by atoms with E-state index in [1.54, 1.807) is 37.3 Å². The molecule has 4 rings (SSSR count). The molecule has 8 nitrogen and oxygen atoms in total. The average molecular weight is 438 g/mol. The number of phenolic OH excluding ortho intramolecular Hbond substituents is 1. The summed E-state index contributed by atoms with van der Waals surface area (Å²) in [6.45, 7) is 1.68. The van der Waals surface area contributed by atoms with E-state index in [2.05, 4.69) is 0 Å². The van der Waals surface area contributed by atoms with Crippen molar-refractivity contribution in [3.63, 3.8) is 0 Å². The van der Waals surface area contributed by atoms with Crippen molar-refractivity contribution in [2.45, 2.75) is 13.3 Å². The van der Waals surface area contributed by atoms with E-state index in [1.807, 2.05) is 0 Å². The van der Waals surface area contributed by atoms with Crippen molar-refractivity contribution in [2.75, 3.05) is 28.1 Å². The van der Waals surface area contributed by atoms with Crippen molar-refractivity contribution in [1.82, 2.24) is 0 Å². The summed E-state index contributed by atoms with van der Waals surface area (Å²) in [6.07, 6.45) is 0.0762. The lowest BCUT2D eigenvalue weighted by atomic mass is 9.86. The quantitative estimate of drug-likeness (QED) is 0.448. The number of esters is 1. The molecule has 0 spiro atoms. The summed E-state index contributed by atoms with van der Waals surface area (Å²) in [7, 11) is 4.24. The van der Waals surface area contributed by atoms with Gasteiger partial charge in [-0.2, -0.15) is 0 Å². The lowest BCUT2D eigenvalue weighted by molar-refractivity contribution is 0.0597. The monoisotopic (exact) mass is 438 g/mol. The SMILES string of the molecule is CCC(=O)c1c(C(=O)OC)c(-c2ccc(OC)cc2OC)c2cc3c(cc2c1O)OCO3. The highest BCUT2D eigenvalue weighted by molar-refractivity contribution is 6.20. The Morgan fingerprint density at radius 1 is 0.969 bits per heavy atom. The molecule has 166 valence electrons. The molecule has 0 unspecified atom stereocenters. The van der Waals surface area contributed by atoms with Crippen LogP contribution in [0.1, 0.15) is 34.1 Å². The molecule has 1 aliphatic rings. The Bertz CT molecular complexity index is 1240. The highest BCUT2D eigenvalue weighted by atomic mass is 16.7. The van der Waals surface area contributed by atoms with Gasteiger partial charge in [-0.25, -0.2) is 4.79 Å². The third kappa shape index (κ3) is 3.24. The maximum absolute atomic E-state index is 13.0. The van der Waals surface area contributed by atoms with Crippen LogP contribution in [-0.4, -0.2) is 45.0 Å². The van der Waals surface area contributed by atoms with Crippen LogP contribution < -0.4 is 18.9 Å². The number of ketones is 1. The number of carbonyl (C=O) groups excluding carboxylic acids is 2. The van der Waals surface area contributed by atoms with Crippen molar-refractivity contribution in [3.05, 3.63) is 41.5 Å². The second kappa shape index (κ2) is 8.30. The van der Waals surface area contributed by atoms with E-state index in [4.69, 9.17) is 23.7 Å². The van der Waals surface area contributed by atoms with E-state index in [-0.39, 0.29) is 30.1 Å². The van der Waals surface area contributed by atoms with Crippen LogP contribution in [0, 0.1) is 0 Å². The maximum Gasteiger partial charge on any atom is 0.339 e. The van der Waals surface area contributed by atoms with Crippen molar-refractivity contribution >= 4 is 22.5 Å². The van der Waals surface area contributed by atoms with Crippen LogP contribution in [0.25, 0.3) is 21.9 Å². The normalized spacial score (nSPS) is 12.0. The largest absolute Gasteiger partial charge is 0.507 e. The number of rotatable bonds is 6. The molecule has 0 bridgehead atoms. The minimum Gasteiger partial charge on any atom is -0.507 e. The van der Waals surface area contributed by atoms with Gasteiger partial charge in [0.2, 0.25) is 6.79 Å². The summed E-state index contributed by atoms with van der Waals surface area (Å²) >= 11 is 0. The number of Topliss-reactive ketones (excluding diaryl/α,β-unsaturated/α-hetero) is 1. The van der Waals surface area contributed by atoms with E-state index in [0.717, 1.165) is 0 Å². The molecule has 1 N–H and O–H groups in total. The number of benzene rings is 3. The molecule has 3 aromatic carbocycles. The fraction of sp³-hybridized carbons (Fsp3) is 0.250. The molecule has 0 radical (unpaired) electrons. The number of hydrogen-bond donors (Lipinski definition) is 1. The van der Waals surface area contributed by atoms with E-state index >= 15 is 0 Å². The van der Waals surface area contributed by atoms with Crippen molar-refractivity contribution in [3.8, 4) is 39.9 Å². The van der Waals surface area contributed by atoms with Gasteiger partial charge in [0.15, 0.2) is 17.3 Å². The summed E-state index contributed by atoms with van der Waals surface area (Å²) in [5.41, 5.74) is 0.729. The van der Waals surface area contributed by atoms with Crippen molar-refractivity contribution in [2.24, 2.45) is 0 Å². The zero-order valence-electron chi connectivity index (χ0n) is 18.1. The van der Waals surface area contributed by atoms with Gasteiger partial charge in [-0.15, -0.1) is 0 Å². The molecule has 32 heavy (non-hydrogen) atoms. The van der Waals surface area contributed by atoms with Crippen LogP contribution in [0.4, 0.5) is 0 Å².